The molecule has 1 N–H and O–H groups in total. The van der Waals surface area contributed by atoms with Crippen LogP contribution in [-0.2, 0) is 24.9 Å². The van der Waals surface area contributed by atoms with Crippen LogP contribution in [0.1, 0.15) is 26.3 Å². The highest BCUT2D eigenvalue weighted by molar-refractivity contribution is 7.90. The lowest BCUT2D eigenvalue weighted by Gasteiger charge is -2.29. The summed E-state index contributed by atoms with van der Waals surface area (Å²) in [6, 6.07) is 6.28. The molecule has 0 saturated carbocycles. The van der Waals surface area contributed by atoms with Gasteiger partial charge in [0.15, 0.2) is 9.84 Å². The van der Waals surface area contributed by atoms with Crippen LogP contribution in [0.3, 0.4) is 0 Å². The second kappa shape index (κ2) is 6.58. The van der Waals surface area contributed by atoms with Gasteiger partial charge in [-0.2, -0.15) is 0 Å². The topological polar surface area (TPSA) is 72.5 Å². The van der Waals surface area contributed by atoms with Gasteiger partial charge in [-0.25, -0.2) is 13.2 Å². The maximum atomic E-state index is 12.1. The van der Waals surface area contributed by atoms with Gasteiger partial charge in [0.05, 0.1) is 12.0 Å². The van der Waals surface area contributed by atoms with E-state index in [1.54, 1.807) is 19.1 Å². The van der Waals surface area contributed by atoms with Gasteiger partial charge in [0.1, 0.15) is 5.54 Å². The fraction of sp³-hybridized carbons (Fsp3) is 0.533. The largest absolute Gasteiger partial charge is 0.467 e. The quantitative estimate of drug-likeness (QED) is 0.810. The van der Waals surface area contributed by atoms with Crippen molar-refractivity contribution in [3.05, 3.63) is 29.8 Å². The van der Waals surface area contributed by atoms with Gasteiger partial charge in [-0.3, -0.25) is 5.32 Å². The number of hydrogen-bond donors (Lipinski definition) is 1. The van der Waals surface area contributed by atoms with Crippen LogP contribution in [0.25, 0.3) is 0 Å². The molecule has 0 radical (unpaired) electrons. The van der Waals surface area contributed by atoms with E-state index < -0.39 is 21.3 Å². The molecule has 0 spiro atoms. The lowest BCUT2D eigenvalue weighted by Crippen LogP contribution is -2.48. The summed E-state index contributed by atoms with van der Waals surface area (Å²) in [5.41, 5.74) is -0.336. The van der Waals surface area contributed by atoms with Gasteiger partial charge >= 0.3 is 5.97 Å². The smallest absolute Gasteiger partial charge is 0.330 e. The fourth-order valence-electron chi connectivity index (χ4n) is 1.94. The van der Waals surface area contributed by atoms with Crippen molar-refractivity contribution in [1.29, 1.82) is 0 Å². The third-order valence-electron chi connectivity index (χ3n) is 3.32. The summed E-state index contributed by atoms with van der Waals surface area (Å²) < 4.78 is 27.9. The van der Waals surface area contributed by atoms with E-state index in [1.165, 1.54) is 19.2 Å². The van der Waals surface area contributed by atoms with E-state index in [4.69, 9.17) is 4.74 Å². The zero-order valence-corrected chi connectivity index (χ0v) is 14.0. The van der Waals surface area contributed by atoms with E-state index in [0.717, 1.165) is 6.26 Å². The van der Waals surface area contributed by atoms with Gasteiger partial charge in [0.25, 0.3) is 0 Å². The van der Waals surface area contributed by atoms with Crippen LogP contribution in [0.4, 0.5) is 0 Å². The number of ether oxygens (including phenoxy) is 1. The Morgan fingerprint density at radius 1 is 1.29 bits per heavy atom. The number of carbonyl (C=O) groups excluding carboxylic acids is 1. The summed E-state index contributed by atoms with van der Waals surface area (Å²) in [5.74, 6) is -0.0421. The van der Waals surface area contributed by atoms with Crippen LogP contribution >= 0.6 is 0 Å². The zero-order valence-electron chi connectivity index (χ0n) is 13.1. The predicted molar refractivity (Wildman–Crippen MR) is 81.8 cm³/mol. The SMILES string of the molecule is COC(=O)C(C)(NCC(C)C)c1ccc(S(C)(=O)=O)cc1. The average molecular weight is 313 g/mol. The van der Waals surface area contributed by atoms with Crippen LogP contribution in [0.2, 0.25) is 0 Å². The third-order valence-corrected chi connectivity index (χ3v) is 4.45. The van der Waals surface area contributed by atoms with Crippen molar-refractivity contribution < 1.29 is 17.9 Å². The highest BCUT2D eigenvalue weighted by atomic mass is 32.2. The summed E-state index contributed by atoms with van der Waals surface area (Å²) in [6.07, 6.45) is 1.15. The molecule has 0 saturated heterocycles. The molecule has 1 unspecified atom stereocenters. The second-order valence-corrected chi connectivity index (χ2v) is 7.70. The summed E-state index contributed by atoms with van der Waals surface area (Å²) in [6.45, 7) is 6.45. The van der Waals surface area contributed by atoms with Crippen molar-refractivity contribution in [3.8, 4) is 0 Å². The zero-order chi connectivity index (χ0) is 16.3. The van der Waals surface area contributed by atoms with Gasteiger partial charge in [0, 0.05) is 6.26 Å². The number of methoxy groups -OCH3 is 1. The summed E-state index contributed by atoms with van der Waals surface area (Å²) in [5, 5.41) is 3.20. The van der Waals surface area contributed by atoms with Crippen molar-refractivity contribution in [3.63, 3.8) is 0 Å². The molecule has 0 bridgehead atoms. The summed E-state index contributed by atoms with van der Waals surface area (Å²) in [7, 11) is -1.92. The number of carbonyl (C=O) groups is 1. The molecular formula is C15H23NO4S. The Morgan fingerprint density at radius 2 is 1.81 bits per heavy atom. The molecular weight excluding hydrogens is 290 g/mol. The molecule has 5 nitrogen and oxygen atoms in total. The van der Waals surface area contributed by atoms with Gasteiger partial charge in [-0.05, 0) is 37.1 Å². The van der Waals surface area contributed by atoms with E-state index in [1.807, 2.05) is 13.8 Å². The predicted octanol–water partition coefficient (Wildman–Crippen LogP) is 1.72. The Hall–Kier alpha value is -1.40. The summed E-state index contributed by atoms with van der Waals surface area (Å²) in [4.78, 5) is 12.3. The van der Waals surface area contributed by atoms with E-state index >= 15 is 0 Å². The minimum atomic E-state index is -3.25. The van der Waals surface area contributed by atoms with E-state index in [0.29, 0.717) is 18.0 Å². The highest BCUT2D eigenvalue weighted by Gasteiger charge is 2.36. The molecule has 0 fully saturated rings. The fourth-order valence-corrected chi connectivity index (χ4v) is 2.57. The first-order chi connectivity index (χ1) is 9.61. The molecule has 0 heterocycles. The van der Waals surface area contributed by atoms with Crippen LogP contribution in [0, 0.1) is 5.92 Å². The number of benzene rings is 1. The maximum Gasteiger partial charge on any atom is 0.330 e. The van der Waals surface area contributed by atoms with Crippen molar-refractivity contribution in [2.45, 2.75) is 31.2 Å². The molecule has 1 aromatic rings. The van der Waals surface area contributed by atoms with E-state index in [2.05, 4.69) is 5.32 Å². The molecule has 0 aliphatic carbocycles. The minimum Gasteiger partial charge on any atom is -0.467 e. The Kier molecular flexibility index (Phi) is 5.53. The van der Waals surface area contributed by atoms with Crippen molar-refractivity contribution in [2.24, 2.45) is 5.92 Å². The van der Waals surface area contributed by atoms with Gasteiger partial charge in [-0.1, -0.05) is 26.0 Å². The Balaban J connectivity index is 3.18. The van der Waals surface area contributed by atoms with Crippen molar-refractivity contribution >= 4 is 15.8 Å². The lowest BCUT2D eigenvalue weighted by molar-refractivity contribution is -0.148. The Labute approximate surface area is 126 Å². The normalized spacial score (nSPS) is 14.8. The highest BCUT2D eigenvalue weighted by Crippen LogP contribution is 2.24. The van der Waals surface area contributed by atoms with Crippen molar-refractivity contribution in [2.75, 3.05) is 19.9 Å². The molecule has 1 atom stereocenters. The Morgan fingerprint density at radius 3 is 2.19 bits per heavy atom. The minimum absolute atomic E-state index is 0.224. The molecule has 1 aromatic carbocycles. The van der Waals surface area contributed by atoms with Crippen molar-refractivity contribution in [1.82, 2.24) is 5.32 Å². The molecule has 0 aromatic heterocycles. The first-order valence-electron chi connectivity index (χ1n) is 6.75. The molecule has 118 valence electrons. The molecule has 6 heteroatoms. The number of hydrogen-bond acceptors (Lipinski definition) is 5. The molecule has 1 rings (SSSR count). The van der Waals surface area contributed by atoms with Crippen LogP contribution in [0.15, 0.2) is 29.2 Å². The van der Waals surface area contributed by atoms with Crippen LogP contribution in [0.5, 0.6) is 0 Å². The molecule has 0 aliphatic rings. The monoisotopic (exact) mass is 313 g/mol. The summed E-state index contributed by atoms with van der Waals surface area (Å²) >= 11 is 0. The lowest BCUT2D eigenvalue weighted by atomic mass is 9.91. The average Bonchev–Trinajstić information content (AvgIpc) is 2.43. The standard InChI is InChI=1S/C15H23NO4S/c1-11(2)10-16-15(3,14(17)20-4)12-6-8-13(9-7-12)21(5,18)19/h6-9,11,16H,10H2,1-5H3. The first kappa shape index (κ1) is 17.7. The first-order valence-corrected chi connectivity index (χ1v) is 8.64. The number of sulfone groups is 1. The molecule has 0 aliphatic heterocycles. The number of rotatable bonds is 6. The van der Waals surface area contributed by atoms with E-state index in [9.17, 15) is 13.2 Å². The van der Waals surface area contributed by atoms with Gasteiger partial charge < -0.3 is 4.74 Å². The number of esters is 1. The third kappa shape index (κ3) is 4.28. The Bertz CT molecular complexity index is 593. The number of nitrogens with one attached hydrogen (secondary N) is 1. The molecule has 21 heavy (non-hydrogen) atoms. The van der Waals surface area contributed by atoms with E-state index in [-0.39, 0.29) is 4.90 Å². The maximum absolute atomic E-state index is 12.1. The van der Waals surface area contributed by atoms with Crippen LogP contribution in [-0.4, -0.2) is 34.3 Å². The van der Waals surface area contributed by atoms with Gasteiger partial charge in [0.2, 0.25) is 0 Å². The molecule has 0 amide bonds. The van der Waals surface area contributed by atoms with Gasteiger partial charge in [-0.15, -0.1) is 0 Å². The second-order valence-electron chi connectivity index (χ2n) is 5.69. The van der Waals surface area contributed by atoms with Crippen LogP contribution < -0.4 is 5.32 Å².